The average molecular weight is 385 g/mol. The third kappa shape index (κ3) is 6.52. The quantitative estimate of drug-likeness (QED) is 0.744. The normalized spacial score (nSPS) is 12.7. The Labute approximate surface area is 154 Å². The summed E-state index contributed by atoms with van der Waals surface area (Å²) in [4.78, 5) is 17.8. The lowest BCUT2D eigenvalue weighted by Crippen LogP contribution is -2.34. The third-order valence-electron chi connectivity index (χ3n) is 3.70. The molecule has 0 bridgehead atoms. The first-order valence-corrected chi connectivity index (χ1v) is 8.01. The van der Waals surface area contributed by atoms with Crippen LogP contribution in [-0.4, -0.2) is 49.2 Å². The second-order valence-electron chi connectivity index (χ2n) is 6.03. The maximum absolute atomic E-state index is 13.4. The van der Waals surface area contributed by atoms with Gasteiger partial charge in [-0.3, -0.25) is 4.79 Å². The average Bonchev–Trinajstić information content (AvgIpc) is 2.59. The minimum atomic E-state index is -4.46. The van der Waals surface area contributed by atoms with E-state index in [0.29, 0.717) is 5.56 Å². The molecule has 0 aliphatic carbocycles. The number of halogens is 4. The van der Waals surface area contributed by atoms with Crippen LogP contribution in [0.25, 0.3) is 0 Å². The summed E-state index contributed by atoms with van der Waals surface area (Å²) in [5.74, 6) is -1.05. The van der Waals surface area contributed by atoms with Gasteiger partial charge in [0.25, 0.3) is 5.91 Å². The number of likely N-dealkylation sites (N-methyl/N-ethyl adjacent to an activating group) is 1. The number of rotatable bonds is 7. The highest BCUT2D eigenvalue weighted by atomic mass is 19.4. The van der Waals surface area contributed by atoms with Crippen LogP contribution in [-0.2, 0) is 0 Å². The largest absolute Gasteiger partial charge is 0.468 e. The summed E-state index contributed by atoms with van der Waals surface area (Å²) in [6, 6.07) is 8.33. The highest BCUT2D eigenvalue weighted by Crippen LogP contribution is 2.19. The summed E-state index contributed by atoms with van der Waals surface area (Å²) in [6.45, 7) is -1.24. The van der Waals surface area contributed by atoms with Gasteiger partial charge in [-0.1, -0.05) is 12.1 Å². The number of hydrogen-bond donors (Lipinski definition) is 1. The number of ether oxygens (including phenoxy) is 1. The van der Waals surface area contributed by atoms with Crippen LogP contribution in [0.2, 0.25) is 0 Å². The number of benzene rings is 1. The van der Waals surface area contributed by atoms with E-state index < -0.39 is 18.7 Å². The maximum Gasteiger partial charge on any atom is 0.422 e. The van der Waals surface area contributed by atoms with Gasteiger partial charge in [-0.25, -0.2) is 9.37 Å². The summed E-state index contributed by atoms with van der Waals surface area (Å²) in [5, 5.41) is 2.71. The van der Waals surface area contributed by atoms with Crippen LogP contribution in [0.15, 0.2) is 42.6 Å². The van der Waals surface area contributed by atoms with Crippen molar-refractivity contribution in [3.63, 3.8) is 0 Å². The van der Waals surface area contributed by atoms with Gasteiger partial charge in [0.15, 0.2) is 6.61 Å². The zero-order chi connectivity index (χ0) is 20.0. The second kappa shape index (κ2) is 8.81. The first-order chi connectivity index (χ1) is 12.7. The van der Waals surface area contributed by atoms with E-state index in [9.17, 15) is 22.4 Å². The van der Waals surface area contributed by atoms with Crippen LogP contribution in [0.3, 0.4) is 0 Å². The molecule has 0 unspecified atom stereocenters. The molecule has 1 aromatic heterocycles. The van der Waals surface area contributed by atoms with Crippen LogP contribution < -0.4 is 10.1 Å². The van der Waals surface area contributed by atoms with Crippen molar-refractivity contribution < 1.29 is 27.1 Å². The Morgan fingerprint density at radius 2 is 2.00 bits per heavy atom. The maximum atomic E-state index is 13.4. The molecule has 1 atom stereocenters. The molecule has 0 saturated heterocycles. The summed E-state index contributed by atoms with van der Waals surface area (Å²) in [6.07, 6.45) is -3.33. The molecule has 2 rings (SSSR count). The second-order valence-corrected chi connectivity index (χ2v) is 6.03. The van der Waals surface area contributed by atoms with Crippen molar-refractivity contribution in [3.05, 3.63) is 59.5 Å². The molecule has 5 nitrogen and oxygen atoms in total. The summed E-state index contributed by atoms with van der Waals surface area (Å²) in [7, 11) is 3.60. The van der Waals surface area contributed by atoms with Gasteiger partial charge in [0.1, 0.15) is 5.82 Å². The van der Waals surface area contributed by atoms with E-state index in [2.05, 4.69) is 15.0 Å². The molecule has 146 valence electrons. The Morgan fingerprint density at radius 1 is 1.26 bits per heavy atom. The third-order valence-corrected chi connectivity index (χ3v) is 3.70. The fraction of sp³-hybridized carbons (Fsp3) is 0.333. The Bertz CT molecular complexity index is 764. The van der Waals surface area contributed by atoms with E-state index in [-0.39, 0.29) is 29.8 Å². The van der Waals surface area contributed by atoms with Crippen LogP contribution in [0, 0.1) is 5.82 Å². The topological polar surface area (TPSA) is 54.5 Å². The van der Waals surface area contributed by atoms with Crippen LogP contribution in [0.4, 0.5) is 17.6 Å². The molecule has 0 fully saturated rings. The van der Waals surface area contributed by atoms with E-state index in [4.69, 9.17) is 0 Å². The molecule has 1 N–H and O–H groups in total. The zero-order valence-electron chi connectivity index (χ0n) is 14.8. The fourth-order valence-electron chi connectivity index (χ4n) is 2.36. The smallest absolute Gasteiger partial charge is 0.422 e. The van der Waals surface area contributed by atoms with Gasteiger partial charge in [-0.05, 0) is 37.9 Å². The van der Waals surface area contributed by atoms with Gasteiger partial charge in [0, 0.05) is 18.8 Å². The standard InChI is InChI=1S/C18H19F4N3O2/c1-25(2)15(12-4-3-5-14(19)8-12)10-24-17(26)13-6-7-16(23-9-13)27-11-18(20,21)22/h3-9,15H,10-11H2,1-2H3,(H,24,26)/t15-/m1/s1. The first kappa shape index (κ1) is 20.6. The van der Waals surface area contributed by atoms with Crippen molar-refractivity contribution >= 4 is 5.91 Å². The van der Waals surface area contributed by atoms with E-state index in [1.807, 2.05) is 4.90 Å². The number of carbonyl (C=O) groups is 1. The Balaban J connectivity index is 1.97. The lowest BCUT2D eigenvalue weighted by atomic mass is 10.1. The molecule has 1 amide bonds. The Kier molecular flexibility index (Phi) is 6.73. The molecule has 1 heterocycles. The highest BCUT2D eigenvalue weighted by Gasteiger charge is 2.28. The number of alkyl halides is 3. The highest BCUT2D eigenvalue weighted by molar-refractivity contribution is 5.93. The molecule has 2 aromatic rings. The number of amides is 1. The summed E-state index contributed by atoms with van der Waals surface area (Å²) in [5.41, 5.74) is 0.875. The van der Waals surface area contributed by atoms with Crippen molar-refractivity contribution in [3.8, 4) is 5.88 Å². The van der Waals surface area contributed by atoms with Crippen molar-refractivity contribution in [2.75, 3.05) is 27.2 Å². The zero-order valence-corrected chi connectivity index (χ0v) is 14.8. The molecule has 1 aromatic carbocycles. The van der Waals surface area contributed by atoms with E-state index >= 15 is 0 Å². The molecule has 0 radical (unpaired) electrons. The van der Waals surface area contributed by atoms with E-state index in [1.165, 1.54) is 24.3 Å². The Hall–Kier alpha value is -2.68. The minimum absolute atomic E-state index is 0.172. The van der Waals surface area contributed by atoms with Gasteiger partial charge in [0.05, 0.1) is 11.6 Å². The number of nitrogens with zero attached hydrogens (tertiary/aromatic N) is 2. The molecule has 27 heavy (non-hydrogen) atoms. The van der Waals surface area contributed by atoms with E-state index in [1.54, 1.807) is 26.2 Å². The molecule has 0 saturated carbocycles. The SMILES string of the molecule is CN(C)[C@H](CNC(=O)c1ccc(OCC(F)(F)F)nc1)c1cccc(F)c1. The van der Waals surface area contributed by atoms with Crippen LogP contribution in [0.5, 0.6) is 5.88 Å². The number of carbonyl (C=O) groups excluding carboxylic acids is 1. The molecule has 0 aliphatic heterocycles. The monoisotopic (exact) mass is 385 g/mol. The predicted molar refractivity (Wildman–Crippen MR) is 90.9 cm³/mol. The summed E-state index contributed by atoms with van der Waals surface area (Å²) < 4.78 is 54.3. The first-order valence-electron chi connectivity index (χ1n) is 8.01. The number of pyridine rings is 1. The number of nitrogens with one attached hydrogen (secondary N) is 1. The van der Waals surface area contributed by atoms with Crippen LogP contribution >= 0.6 is 0 Å². The van der Waals surface area contributed by atoms with Gasteiger partial charge in [-0.15, -0.1) is 0 Å². The molecular formula is C18H19F4N3O2. The van der Waals surface area contributed by atoms with Gasteiger partial charge < -0.3 is 15.0 Å². The molecular weight excluding hydrogens is 366 g/mol. The lowest BCUT2D eigenvalue weighted by Gasteiger charge is -2.25. The van der Waals surface area contributed by atoms with Gasteiger partial charge >= 0.3 is 6.18 Å². The number of hydrogen-bond acceptors (Lipinski definition) is 4. The van der Waals surface area contributed by atoms with Crippen molar-refractivity contribution in [2.45, 2.75) is 12.2 Å². The van der Waals surface area contributed by atoms with Crippen LogP contribution in [0.1, 0.15) is 22.0 Å². The molecule has 9 heteroatoms. The van der Waals surface area contributed by atoms with Crippen molar-refractivity contribution in [1.29, 1.82) is 0 Å². The summed E-state index contributed by atoms with van der Waals surface area (Å²) >= 11 is 0. The van der Waals surface area contributed by atoms with Gasteiger partial charge in [-0.2, -0.15) is 13.2 Å². The predicted octanol–water partition coefficient (Wildman–Crippen LogP) is 3.19. The van der Waals surface area contributed by atoms with Crippen molar-refractivity contribution in [2.24, 2.45) is 0 Å². The fourth-order valence-corrected chi connectivity index (χ4v) is 2.36. The molecule has 0 spiro atoms. The minimum Gasteiger partial charge on any atom is -0.468 e. The Morgan fingerprint density at radius 3 is 2.56 bits per heavy atom. The number of aromatic nitrogens is 1. The lowest BCUT2D eigenvalue weighted by molar-refractivity contribution is -0.154. The molecule has 0 aliphatic rings. The van der Waals surface area contributed by atoms with Gasteiger partial charge in [0.2, 0.25) is 5.88 Å². The van der Waals surface area contributed by atoms with E-state index in [0.717, 1.165) is 6.20 Å². The van der Waals surface area contributed by atoms with Crippen molar-refractivity contribution in [1.82, 2.24) is 15.2 Å².